The van der Waals surface area contributed by atoms with E-state index in [0.717, 1.165) is 16.8 Å². The summed E-state index contributed by atoms with van der Waals surface area (Å²) in [7, 11) is -1.71. The number of esters is 1. The molecule has 1 aromatic heterocycles. The number of hydrogen-bond acceptors (Lipinski definition) is 6. The Morgan fingerprint density at radius 3 is 2.59 bits per heavy atom. The predicted molar refractivity (Wildman–Crippen MR) is 96.8 cm³/mol. The molecule has 1 fully saturated rings. The van der Waals surface area contributed by atoms with Gasteiger partial charge in [-0.05, 0) is 37.0 Å². The van der Waals surface area contributed by atoms with E-state index in [2.05, 4.69) is 5.10 Å². The lowest BCUT2D eigenvalue weighted by Crippen LogP contribution is -2.27. The number of sulfone groups is 1. The maximum atomic E-state index is 12.9. The molecule has 0 spiro atoms. The number of alkyl halides is 3. The van der Waals surface area contributed by atoms with Crippen molar-refractivity contribution in [2.45, 2.75) is 19.0 Å². The molecular formula is C18H19F3N2O5S. The summed E-state index contributed by atoms with van der Waals surface area (Å²) in [5.74, 6) is -0.690. The first-order valence-corrected chi connectivity index (χ1v) is 10.6. The number of rotatable bonds is 5. The van der Waals surface area contributed by atoms with E-state index in [1.54, 1.807) is 0 Å². The molecule has 0 N–H and O–H groups in total. The lowest BCUT2D eigenvalue weighted by Gasteiger charge is -2.21. The highest BCUT2D eigenvalue weighted by molar-refractivity contribution is 7.91. The van der Waals surface area contributed by atoms with Gasteiger partial charge in [-0.3, -0.25) is 0 Å². The molecule has 2 aromatic rings. The summed E-state index contributed by atoms with van der Waals surface area (Å²) in [6.07, 6.45) is -2.40. The quantitative estimate of drug-likeness (QED) is 0.676. The number of benzene rings is 1. The van der Waals surface area contributed by atoms with Crippen LogP contribution >= 0.6 is 0 Å². The van der Waals surface area contributed by atoms with Crippen LogP contribution < -0.4 is 4.74 Å². The number of aromatic nitrogens is 2. The van der Waals surface area contributed by atoms with Gasteiger partial charge in [0, 0.05) is 0 Å². The first-order valence-electron chi connectivity index (χ1n) is 8.78. The van der Waals surface area contributed by atoms with E-state index in [1.807, 2.05) is 0 Å². The van der Waals surface area contributed by atoms with Gasteiger partial charge in [0.05, 0.1) is 42.7 Å². The summed E-state index contributed by atoms with van der Waals surface area (Å²) in [6, 6.07) is 4.49. The van der Waals surface area contributed by atoms with Gasteiger partial charge >= 0.3 is 12.1 Å². The van der Waals surface area contributed by atoms with Crippen LogP contribution in [0.3, 0.4) is 0 Å². The number of methoxy groups -OCH3 is 1. The Hall–Kier alpha value is -2.56. The van der Waals surface area contributed by atoms with E-state index < -0.39 is 27.5 Å². The average molecular weight is 432 g/mol. The zero-order chi connectivity index (χ0) is 21.2. The molecule has 0 atom stereocenters. The number of ether oxygens (including phenoxy) is 2. The third-order valence-electron chi connectivity index (χ3n) is 4.66. The summed E-state index contributed by atoms with van der Waals surface area (Å²) in [6.45, 7) is 0.0356. The minimum atomic E-state index is -4.51. The maximum Gasteiger partial charge on any atom is 0.416 e. The van der Waals surface area contributed by atoms with Gasteiger partial charge in [-0.25, -0.2) is 17.9 Å². The molecule has 0 unspecified atom stereocenters. The van der Waals surface area contributed by atoms with Gasteiger partial charge in [-0.15, -0.1) is 0 Å². The molecule has 158 valence electrons. The molecule has 1 aliphatic heterocycles. The van der Waals surface area contributed by atoms with Crippen molar-refractivity contribution in [2.24, 2.45) is 5.92 Å². The van der Waals surface area contributed by atoms with Crippen LogP contribution in [0.1, 0.15) is 28.9 Å². The highest BCUT2D eigenvalue weighted by atomic mass is 32.2. The standard InChI is InChI=1S/C18H19F3N2O5S/c1-27-15-10-23(14-4-2-3-13(9-14)18(19,20)21)22-16(15)17(24)28-11-12-5-7-29(25,26)8-6-12/h2-4,9-10,12H,5-8,11H2,1H3. The molecule has 0 saturated carbocycles. The van der Waals surface area contributed by atoms with E-state index in [9.17, 15) is 26.4 Å². The van der Waals surface area contributed by atoms with Crippen LogP contribution in [0.4, 0.5) is 13.2 Å². The molecule has 2 heterocycles. The molecule has 1 aromatic carbocycles. The van der Waals surface area contributed by atoms with E-state index >= 15 is 0 Å². The molecule has 3 rings (SSSR count). The zero-order valence-electron chi connectivity index (χ0n) is 15.5. The summed E-state index contributed by atoms with van der Waals surface area (Å²) in [5.41, 5.74) is -0.913. The Morgan fingerprint density at radius 1 is 1.28 bits per heavy atom. The molecule has 0 radical (unpaired) electrons. The lowest BCUT2D eigenvalue weighted by molar-refractivity contribution is -0.137. The Balaban J connectivity index is 1.74. The SMILES string of the molecule is COc1cn(-c2cccc(C(F)(F)F)c2)nc1C(=O)OCC1CCS(=O)(=O)CC1. The number of carbonyl (C=O) groups is 1. The topological polar surface area (TPSA) is 87.5 Å². The molecule has 29 heavy (non-hydrogen) atoms. The summed E-state index contributed by atoms with van der Waals surface area (Å²) in [4.78, 5) is 12.4. The highest BCUT2D eigenvalue weighted by Gasteiger charge is 2.31. The normalized spacial score (nSPS) is 17.1. The van der Waals surface area contributed by atoms with Crippen molar-refractivity contribution in [1.82, 2.24) is 9.78 Å². The molecule has 1 aliphatic rings. The molecule has 0 amide bonds. The first kappa shape index (κ1) is 21.2. The predicted octanol–water partition coefficient (Wildman–Crippen LogP) is 2.88. The number of hydrogen-bond donors (Lipinski definition) is 0. The molecule has 0 aliphatic carbocycles. The number of carbonyl (C=O) groups excluding carboxylic acids is 1. The van der Waals surface area contributed by atoms with Gasteiger partial charge in [-0.1, -0.05) is 6.07 Å². The van der Waals surface area contributed by atoms with Gasteiger partial charge in [0.1, 0.15) is 9.84 Å². The maximum absolute atomic E-state index is 12.9. The van der Waals surface area contributed by atoms with Crippen LogP contribution in [0.25, 0.3) is 5.69 Å². The van der Waals surface area contributed by atoms with E-state index in [1.165, 1.54) is 25.4 Å². The molecule has 7 nitrogen and oxygen atoms in total. The summed E-state index contributed by atoms with van der Waals surface area (Å²) < 4.78 is 73.1. The zero-order valence-corrected chi connectivity index (χ0v) is 16.3. The minimum Gasteiger partial charge on any atom is -0.493 e. The van der Waals surface area contributed by atoms with Crippen LogP contribution in [-0.2, 0) is 20.8 Å². The number of halogens is 3. The fraction of sp³-hybridized carbons (Fsp3) is 0.444. The Labute approximate surface area is 165 Å². The Bertz CT molecular complexity index is 987. The second-order valence-corrected chi connectivity index (χ2v) is 9.04. The largest absolute Gasteiger partial charge is 0.493 e. The monoisotopic (exact) mass is 432 g/mol. The van der Waals surface area contributed by atoms with Crippen molar-refractivity contribution in [2.75, 3.05) is 25.2 Å². The smallest absolute Gasteiger partial charge is 0.416 e. The van der Waals surface area contributed by atoms with Gasteiger partial charge in [-0.2, -0.15) is 18.3 Å². The molecule has 11 heteroatoms. The highest BCUT2D eigenvalue weighted by Crippen LogP contribution is 2.31. The first-order chi connectivity index (χ1) is 13.6. The average Bonchev–Trinajstić information content (AvgIpc) is 3.11. The summed E-state index contributed by atoms with van der Waals surface area (Å²) >= 11 is 0. The fourth-order valence-corrected chi connectivity index (χ4v) is 4.56. The van der Waals surface area contributed by atoms with E-state index in [0.29, 0.717) is 12.8 Å². The van der Waals surface area contributed by atoms with Crippen molar-refractivity contribution >= 4 is 15.8 Å². The molecule has 1 saturated heterocycles. The molecule has 0 bridgehead atoms. The molecular weight excluding hydrogens is 413 g/mol. The third-order valence-corrected chi connectivity index (χ3v) is 6.37. The van der Waals surface area contributed by atoms with Crippen LogP contribution in [0.2, 0.25) is 0 Å². The van der Waals surface area contributed by atoms with Crippen LogP contribution in [-0.4, -0.2) is 49.4 Å². The Morgan fingerprint density at radius 2 is 1.97 bits per heavy atom. The van der Waals surface area contributed by atoms with Gasteiger partial charge in [0.15, 0.2) is 5.75 Å². The fourth-order valence-electron chi connectivity index (χ4n) is 2.97. The van der Waals surface area contributed by atoms with Crippen LogP contribution in [0.15, 0.2) is 30.5 Å². The lowest BCUT2D eigenvalue weighted by atomic mass is 10.0. The van der Waals surface area contributed by atoms with Crippen molar-refractivity contribution in [3.63, 3.8) is 0 Å². The van der Waals surface area contributed by atoms with Gasteiger partial charge in [0.2, 0.25) is 5.69 Å². The minimum absolute atomic E-state index is 0.0356. The van der Waals surface area contributed by atoms with E-state index in [4.69, 9.17) is 9.47 Å². The second-order valence-electron chi connectivity index (χ2n) is 6.73. The van der Waals surface area contributed by atoms with Gasteiger partial charge in [0.25, 0.3) is 0 Å². The van der Waals surface area contributed by atoms with Crippen molar-refractivity contribution in [1.29, 1.82) is 0 Å². The van der Waals surface area contributed by atoms with Crippen molar-refractivity contribution in [3.05, 3.63) is 41.7 Å². The van der Waals surface area contributed by atoms with Crippen LogP contribution in [0, 0.1) is 5.92 Å². The van der Waals surface area contributed by atoms with Crippen LogP contribution in [0.5, 0.6) is 5.75 Å². The van der Waals surface area contributed by atoms with Gasteiger partial charge < -0.3 is 9.47 Å². The van der Waals surface area contributed by atoms with Crippen molar-refractivity contribution < 1.29 is 35.9 Å². The Kier molecular flexibility index (Phi) is 5.87. The summed E-state index contributed by atoms with van der Waals surface area (Å²) in [5, 5.41) is 4.02. The third kappa shape index (κ3) is 5.08. The number of nitrogens with zero attached hydrogens (tertiary/aromatic N) is 2. The second kappa shape index (κ2) is 8.05. The van der Waals surface area contributed by atoms with Crippen molar-refractivity contribution in [3.8, 4) is 11.4 Å². The van der Waals surface area contributed by atoms with E-state index in [-0.39, 0.29) is 41.2 Å².